The molecule has 0 radical (unpaired) electrons. The Labute approximate surface area is 110 Å². The van der Waals surface area contributed by atoms with Crippen LogP contribution in [0.4, 0.5) is 11.6 Å². The van der Waals surface area contributed by atoms with Gasteiger partial charge in [0, 0.05) is 21.7 Å². The van der Waals surface area contributed by atoms with Gasteiger partial charge in [0.25, 0.3) is 0 Å². The van der Waals surface area contributed by atoms with Gasteiger partial charge in [-0.2, -0.15) is 0 Å². The predicted octanol–water partition coefficient (Wildman–Crippen LogP) is 3.59. The molecule has 0 atom stereocenters. The van der Waals surface area contributed by atoms with E-state index in [1.165, 1.54) is 3.57 Å². The molecular formula is C10H7BrIN3. The first-order chi connectivity index (χ1) is 7.24. The van der Waals surface area contributed by atoms with Gasteiger partial charge in [0.2, 0.25) is 5.95 Å². The molecule has 1 aromatic heterocycles. The van der Waals surface area contributed by atoms with E-state index in [4.69, 9.17) is 0 Å². The van der Waals surface area contributed by atoms with Crippen LogP contribution < -0.4 is 5.32 Å². The number of nitrogens with zero attached hydrogens (tertiary/aromatic N) is 2. The number of nitrogens with one attached hydrogen (secondary N) is 1. The van der Waals surface area contributed by atoms with Crippen molar-refractivity contribution in [1.29, 1.82) is 0 Å². The molecule has 2 aromatic rings. The van der Waals surface area contributed by atoms with E-state index in [0.29, 0.717) is 5.95 Å². The summed E-state index contributed by atoms with van der Waals surface area (Å²) in [6, 6.07) is 8.05. The largest absolute Gasteiger partial charge is 0.324 e. The lowest BCUT2D eigenvalue weighted by atomic mass is 10.3. The zero-order chi connectivity index (χ0) is 10.7. The monoisotopic (exact) mass is 375 g/mol. The lowest BCUT2D eigenvalue weighted by Gasteiger charge is -2.03. The van der Waals surface area contributed by atoms with E-state index < -0.39 is 0 Å². The zero-order valence-corrected chi connectivity index (χ0v) is 11.4. The first kappa shape index (κ1) is 10.8. The van der Waals surface area contributed by atoms with Gasteiger partial charge in [-0.05, 0) is 62.8 Å². The fourth-order valence-electron chi connectivity index (χ4n) is 1.04. The van der Waals surface area contributed by atoms with Crippen LogP contribution in [0.2, 0.25) is 0 Å². The van der Waals surface area contributed by atoms with Crippen LogP contribution >= 0.6 is 38.5 Å². The topological polar surface area (TPSA) is 37.8 Å². The minimum atomic E-state index is 0.597. The van der Waals surface area contributed by atoms with Crippen molar-refractivity contribution >= 4 is 50.2 Å². The summed E-state index contributed by atoms with van der Waals surface area (Å²) in [6.45, 7) is 0. The molecule has 0 unspecified atom stereocenters. The maximum absolute atomic E-state index is 4.13. The summed E-state index contributed by atoms with van der Waals surface area (Å²) in [6.07, 6.45) is 3.42. The predicted molar refractivity (Wildman–Crippen MR) is 72.2 cm³/mol. The first-order valence-corrected chi connectivity index (χ1v) is 6.11. The third-order valence-corrected chi connectivity index (χ3v) is 2.85. The van der Waals surface area contributed by atoms with Crippen LogP contribution in [0.15, 0.2) is 41.1 Å². The molecule has 76 valence electrons. The van der Waals surface area contributed by atoms with Crippen LogP contribution in [0.5, 0.6) is 0 Å². The quantitative estimate of drug-likeness (QED) is 0.815. The third kappa shape index (κ3) is 3.13. The molecule has 15 heavy (non-hydrogen) atoms. The van der Waals surface area contributed by atoms with Gasteiger partial charge in [-0.1, -0.05) is 0 Å². The Balaban J connectivity index is 2.15. The maximum atomic E-state index is 4.13. The second-order valence-corrected chi connectivity index (χ2v) is 5.02. The Bertz CT molecular complexity index is 398. The summed E-state index contributed by atoms with van der Waals surface area (Å²) in [7, 11) is 0. The van der Waals surface area contributed by atoms with Crippen molar-refractivity contribution in [1.82, 2.24) is 9.97 Å². The molecule has 0 bridgehead atoms. The molecule has 2 rings (SSSR count). The van der Waals surface area contributed by atoms with Crippen molar-refractivity contribution in [3.8, 4) is 0 Å². The van der Waals surface area contributed by atoms with Gasteiger partial charge in [-0.3, -0.25) is 0 Å². The molecule has 0 fully saturated rings. The van der Waals surface area contributed by atoms with E-state index in [2.05, 4.69) is 53.8 Å². The molecule has 1 heterocycles. The molecule has 3 nitrogen and oxygen atoms in total. The van der Waals surface area contributed by atoms with Gasteiger partial charge in [0.15, 0.2) is 0 Å². The Morgan fingerprint density at radius 1 is 1.07 bits per heavy atom. The van der Waals surface area contributed by atoms with Gasteiger partial charge in [-0.25, -0.2) is 9.97 Å². The standard InChI is InChI=1S/C10H7BrIN3/c11-7-5-13-10(14-6-7)15-9-3-1-8(12)2-4-9/h1-6H,(H,13,14,15). The second-order valence-electron chi connectivity index (χ2n) is 2.86. The number of benzene rings is 1. The van der Waals surface area contributed by atoms with Gasteiger partial charge >= 0.3 is 0 Å². The number of aromatic nitrogens is 2. The lowest BCUT2D eigenvalue weighted by molar-refractivity contribution is 1.15. The number of rotatable bonds is 2. The molecule has 5 heteroatoms. The Kier molecular flexibility index (Phi) is 3.53. The summed E-state index contributed by atoms with van der Waals surface area (Å²) in [4.78, 5) is 8.25. The smallest absolute Gasteiger partial charge is 0.227 e. The molecule has 0 aliphatic heterocycles. The molecule has 0 aliphatic carbocycles. The van der Waals surface area contributed by atoms with E-state index in [1.54, 1.807) is 12.4 Å². The second kappa shape index (κ2) is 4.89. The van der Waals surface area contributed by atoms with Crippen LogP contribution in [0.3, 0.4) is 0 Å². The van der Waals surface area contributed by atoms with Gasteiger partial charge < -0.3 is 5.32 Å². The van der Waals surface area contributed by atoms with E-state index in [9.17, 15) is 0 Å². The molecule has 0 saturated heterocycles. The van der Waals surface area contributed by atoms with Crippen molar-refractivity contribution in [3.05, 3.63) is 44.7 Å². The number of halogens is 2. The fraction of sp³-hybridized carbons (Fsp3) is 0. The summed E-state index contributed by atoms with van der Waals surface area (Å²) < 4.78 is 2.07. The minimum Gasteiger partial charge on any atom is -0.324 e. The van der Waals surface area contributed by atoms with Gasteiger partial charge in [-0.15, -0.1) is 0 Å². The molecule has 0 saturated carbocycles. The van der Waals surface area contributed by atoms with Crippen LogP contribution in [-0.4, -0.2) is 9.97 Å². The number of anilines is 2. The van der Waals surface area contributed by atoms with Gasteiger partial charge in [0.05, 0.1) is 4.47 Å². The van der Waals surface area contributed by atoms with Crippen molar-refractivity contribution in [2.24, 2.45) is 0 Å². The molecule has 1 aromatic carbocycles. The van der Waals surface area contributed by atoms with E-state index in [1.807, 2.05) is 24.3 Å². The van der Waals surface area contributed by atoms with Crippen molar-refractivity contribution < 1.29 is 0 Å². The van der Waals surface area contributed by atoms with Gasteiger partial charge in [0.1, 0.15) is 0 Å². The first-order valence-electron chi connectivity index (χ1n) is 4.24. The van der Waals surface area contributed by atoms with Crippen molar-refractivity contribution in [3.63, 3.8) is 0 Å². The van der Waals surface area contributed by atoms with Crippen LogP contribution in [0.25, 0.3) is 0 Å². The van der Waals surface area contributed by atoms with Crippen molar-refractivity contribution in [2.45, 2.75) is 0 Å². The van der Waals surface area contributed by atoms with E-state index >= 15 is 0 Å². The highest BCUT2D eigenvalue weighted by atomic mass is 127. The summed E-state index contributed by atoms with van der Waals surface area (Å²) in [5.74, 6) is 0.597. The zero-order valence-electron chi connectivity index (χ0n) is 7.61. The molecule has 0 aliphatic rings. The minimum absolute atomic E-state index is 0.597. The fourth-order valence-corrected chi connectivity index (χ4v) is 1.60. The highest BCUT2D eigenvalue weighted by molar-refractivity contribution is 14.1. The highest BCUT2D eigenvalue weighted by Gasteiger charge is 1.96. The summed E-state index contributed by atoms with van der Waals surface area (Å²) in [5.41, 5.74) is 0.984. The normalized spacial score (nSPS) is 10.0. The van der Waals surface area contributed by atoms with Crippen LogP contribution in [0.1, 0.15) is 0 Å². The number of hydrogen-bond donors (Lipinski definition) is 1. The third-order valence-electron chi connectivity index (χ3n) is 1.72. The summed E-state index contributed by atoms with van der Waals surface area (Å²) in [5, 5.41) is 3.11. The molecular weight excluding hydrogens is 369 g/mol. The average molecular weight is 376 g/mol. The Morgan fingerprint density at radius 2 is 1.67 bits per heavy atom. The van der Waals surface area contributed by atoms with E-state index in [0.717, 1.165) is 10.2 Å². The van der Waals surface area contributed by atoms with E-state index in [-0.39, 0.29) is 0 Å². The SMILES string of the molecule is Brc1cnc(Nc2ccc(I)cc2)nc1. The van der Waals surface area contributed by atoms with Crippen molar-refractivity contribution in [2.75, 3.05) is 5.32 Å². The Hall–Kier alpha value is -0.690. The maximum Gasteiger partial charge on any atom is 0.227 e. The average Bonchev–Trinajstić information content (AvgIpc) is 2.25. The molecule has 1 N–H and O–H groups in total. The van der Waals surface area contributed by atoms with Crippen LogP contribution in [-0.2, 0) is 0 Å². The highest BCUT2D eigenvalue weighted by Crippen LogP contribution is 2.15. The lowest BCUT2D eigenvalue weighted by Crippen LogP contribution is -1.95. The summed E-state index contributed by atoms with van der Waals surface area (Å²) >= 11 is 5.55. The number of hydrogen-bond acceptors (Lipinski definition) is 3. The molecule has 0 spiro atoms. The Morgan fingerprint density at radius 3 is 2.27 bits per heavy atom. The molecule has 0 amide bonds. The van der Waals surface area contributed by atoms with Crippen LogP contribution in [0, 0.1) is 3.57 Å².